The number of aryl methyl sites for hydroxylation is 1. The number of morpholine rings is 1. The van der Waals surface area contributed by atoms with Crippen LogP contribution in [0.4, 0.5) is 11.4 Å². The van der Waals surface area contributed by atoms with Gasteiger partial charge in [-0.05, 0) is 18.6 Å². The van der Waals surface area contributed by atoms with Crippen LogP contribution in [0.1, 0.15) is 12.8 Å². The van der Waals surface area contributed by atoms with Gasteiger partial charge in [-0.2, -0.15) is 5.10 Å². The van der Waals surface area contributed by atoms with Crippen molar-refractivity contribution in [2.24, 2.45) is 0 Å². The molecule has 128 valence electrons. The quantitative estimate of drug-likeness (QED) is 0.865. The van der Waals surface area contributed by atoms with Crippen molar-refractivity contribution >= 4 is 28.9 Å². The van der Waals surface area contributed by atoms with Crippen LogP contribution in [0.2, 0.25) is 5.02 Å². The number of hydrogen-bond acceptors (Lipinski definition) is 5. The molecule has 2 aromatic rings. The monoisotopic (exact) mass is 349 g/mol. The minimum absolute atomic E-state index is 0.0353. The van der Waals surface area contributed by atoms with Crippen LogP contribution in [0.15, 0.2) is 30.9 Å². The van der Waals surface area contributed by atoms with Crippen molar-refractivity contribution in [2.75, 3.05) is 36.5 Å². The molecule has 1 aromatic carbocycles. The van der Waals surface area contributed by atoms with Gasteiger partial charge < -0.3 is 15.0 Å². The lowest BCUT2D eigenvalue weighted by atomic mass is 10.2. The number of carbonyl (C=O) groups excluding carboxylic acids is 1. The molecule has 0 unspecified atom stereocenters. The van der Waals surface area contributed by atoms with Crippen LogP contribution < -0.4 is 10.2 Å². The van der Waals surface area contributed by atoms with Gasteiger partial charge in [0.05, 0.1) is 29.6 Å². The highest BCUT2D eigenvalue weighted by atomic mass is 35.5. The van der Waals surface area contributed by atoms with Crippen molar-refractivity contribution in [2.45, 2.75) is 19.4 Å². The zero-order chi connectivity index (χ0) is 16.8. The molecule has 1 aromatic heterocycles. The summed E-state index contributed by atoms with van der Waals surface area (Å²) >= 11 is 6.37. The minimum atomic E-state index is -0.0353. The third-order valence-electron chi connectivity index (χ3n) is 3.85. The fourth-order valence-electron chi connectivity index (χ4n) is 2.69. The summed E-state index contributed by atoms with van der Waals surface area (Å²) in [7, 11) is 0. The minimum Gasteiger partial charge on any atom is -0.378 e. The SMILES string of the molecule is O=C(CCCn1cncn1)Nc1cccc(Cl)c1N1CCOCC1. The number of benzene rings is 1. The average molecular weight is 350 g/mol. The molecule has 0 atom stereocenters. The molecule has 0 aliphatic carbocycles. The molecule has 8 heteroatoms. The topological polar surface area (TPSA) is 72.3 Å². The second kappa shape index (κ2) is 8.12. The molecule has 1 amide bonds. The van der Waals surface area contributed by atoms with E-state index in [0.717, 1.165) is 24.5 Å². The van der Waals surface area contributed by atoms with Crippen LogP contribution in [-0.2, 0) is 16.1 Å². The van der Waals surface area contributed by atoms with Crippen molar-refractivity contribution in [1.82, 2.24) is 14.8 Å². The van der Waals surface area contributed by atoms with Gasteiger partial charge in [0, 0.05) is 26.1 Å². The van der Waals surface area contributed by atoms with Gasteiger partial charge >= 0.3 is 0 Å². The summed E-state index contributed by atoms with van der Waals surface area (Å²) in [5.41, 5.74) is 1.61. The molecule has 0 spiro atoms. The lowest BCUT2D eigenvalue weighted by Crippen LogP contribution is -2.37. The van der Waals surface area contributed by atoms with E-state index in [-0.39, 0.29) is 5.91 Å². The summed E-state index contributed by atoms with van der Waals surface area (Å²) in [5, 5.41) is 7.64. The number of amides is 1. The van der Waals surface area contributed by atoms with E-state index in [1.54, 1.807) is 11.0 Å². The van der Waals surface area contributed by atoms with Gasteiger partial charge in [-0.1, -0.05) is 17.7 Å². The fourth-order valence-corrected chi connectivity index (χ4v) is 2.98. The second-order valence-electron chi connectivity index (χ2n) is 5.55. The number of hydrogen-bond donors (Lipinski definition) is 1. The fraction of sp³-hybridized carbons (Fsp3) is 0.438. The van der Waals surface area contributed by atoms with Gasteiger partial charge in [-0.25, -0.2) is 4.98 Å². The highest BCUT2D eigenvalue weighted by molar-refractivity contribution is 6.34. The Hall–Kier alpha value is -2.12. The number of carbonyl (C=O) groups is 1. The summed E-state index contributed by atoms with van der Waals surface area (Å²) < 4.78 is 7.10. The Morgan fingerprint density at radius 1 is 1.33 bits per heavy atom. The molecular formula is C16H20ClN5O2. The van der Waals surface area contributed by atoms with E-state index in [0.29, 0.717) is 37.6 Å². The van der Waals surface area contributed by atoms with Crippen molar-refractivity contribution in [3.63, 3.8) is 0 Å². The largest absolute Gasteiger partial charge is 0.378 e. The third kappa shape index (κ3) is 4.24. The summed E-state index contributed by atoms with van der Waals surface area (Å²) in [6, 6.07) is 5.57. The highest BCUT2D eigenvalue weighted by Gasteiger charge is 2.18. The maximum Gasteiger partial charge on any atom is 0.224 e. The molecule has 24 heavy (non-hydrogen) atoms. The molecule has 1 saturated heterocycles. The zero-order valence-electron chi connectivity index (χ0n) is 13.3. The normalized spacial score (nSPS) is 14.6. The number of halogens is 1. The van der Waals surface area contributed by atoms with Gasteiger partial charge in [0.25, 0.3) is 0 Å². The number of aromatic nitrogens is 3. The van der Waals surface area contributed by atoms with Crippen LogP contribution in [0.25, 0.3) is 0 Å². The summed E-state index contributed by atoms with van der Waals surface area (Å²) in [6.45, 7) is 3.52. The number of nitrogens with one attached hydrogen (secondary N) is 1. The molecular weight excluding hydrogens is 330 g/mol. The Kier molecular flexibility index (Phi) is 5.66. The zero-order valence-corrected chi connectivity index (χ0v) is 14.1. The first-order valence-corrected chi connectivity index (χ1v) is 8.35. The number of rotatable bonds is 6. The number of ether oxygens (including phenoxy) is 1. The average Bonchev–Trinajstić information content (AvgIpc) is 3.09. The first-order chi connectivity index (χ1) is 11.7. The molecule has 1 aliphatic heterocycles. The molecule has 0 bridgehead atoms. The van der Waals surface area contributed by atoms with Crippen LogP contribution in [0.3, 0.4) is 0 Å². The second-order valence-corrected chi connectivity index (χ2v) is 5.95. The molecule has 1 aliphatic rings. The van der Waals surface area contributed by atoms with Gasteiger partial charge in [-0.3, -0.25) is 9.48 Å². The predicted molar refractivity (Wildman–Crippen MR) is 92.4 cm³/mol. The van der Waals surface area contributed by atoms with Gasteiger partial charge in [-0.15, -0.1) is 0 Å². The Bertz CT molecular complexity index is 671. The Morgan fingerprint density at radius 3 is 2.92 bits per heavy atom. The smallest absolute Gasteiger partial charge is 0.224 e. The van der Waals surface area contributed by atoms with Crippen LogP contribution in [0, 0.1) is 0 Å². The maximum absolute atomic E-state index is 12.2. The van der Waals surface area contributed by atoms with Gasteiger partial charge in [0.15, 0.2) is 0 Å². The van der Waals surface area contributed by atoms with Crippen LogP contribution >= 0.6 is 11.6 Å². The third-order valence-corrected chi connectivity index (χ3v) is 4.15. The van der Waals surface area contributed by atoms with E-state index in [1.165, 1.54) is 6.33 Å². The Labute approximate surface area is 145 Å². The first-order valence-electron chi connectivity index (χ1n) is 7.97. The maximum atomic E-state index is 12.2. The highest BCUT2D eigenvalue weighted by Crippen LogP contribution is 2.34. The van der Waals surface area contributed by atoms with E-state index in [2.05, 4.69) is 20.3 Å². The van der Waals surface area contributed by atoms with E-state index >= 15 is 0 Å². The van der Waals surface area contributed by atoms with E-state index in [1.807, 2.05) is 18.2 Å². The van der Waals surface area contributed by atoms with E-state index in [9.17, 15) is 4.79 Å². The van der Waals surface area contributed by atoms with Crippen molar-refractivity contribution < 1.29 is 9.53 Å². The van der Waals surface area contributed by atoms with Gasteiger partial charge in [0.2, 0.25) is 5.91 Å². The summed E-state index contributed by atoms with van der Waals surface area (Å²) in [4.78, 5) is 18.3. The molecule has 7 nitrogen and oxygen atoms in total. The lowest BCUT2D eigenvalue weighted by Gasteiger charge is -2.31. The summed E-state index contributed by atoms with van der Waals surface area (Å²) in [6.07, 6.45) is 4.24. The number of nitrogens with zero attached hydrogens (tertiary/aromatic N) is 4. The molecule has 0 radical (unpaired) electrons. The molecule has 2 heterocycles. The van der Waals surface area contributed by atoms with Crippen LogP contribution in [0.5, 0.6) is 0 Å². The number of anilines is 2. The van der Waals surface area contributed by atoms with Crippen molar-refractivity contribution in [1.29, 1.82) is 0 Å². The predicted octanol–water partition coefficient (Wildman–Crippen LogP) is 2.19. The number of para-hydroxylation sites is 1. The summed E-state index contributed by atoms with van der Waals surface area (Å²) in [5.74, 6) is -0.0353. The van der Waals surface area contributed by atoms with E-state index < -0.39 is 0 Å². The lowest BCUT2D eigenvalue weighted by molar-refractivity contribution is -0.116. The van der Waals surface area contributed by atoms with Crippen molar-refractivity contribution in [3.05, 3.63) is 35.9 Å². The van der Waals surface area contributed by atoms with Gasteiger partial charge in [0.1, 0.15) is 12.7 Å². The van der Waals surface area contributed by atoms with Crippen LogP contribution in [-0.4, -0.2) is 47.0 Å². The van der Waals surface area contributed by atoms with Crippen molar-refractivity contribution in [3.8, 4) is 0 Å². The molecule has 1 fully saturated rings. The molecule has 3 rings (SSSR count). The van der Waals surface area contributed by atoms with E-state index in [4.69, 9.17) is 16.3 Å². The standard InChI is InChI=1S/C16H20ClN5O2/c17-13-3-1-4-14(16(13)21-7-9-24-10-8-21)20-15(23)5-2-6-22-12-18-11-19-22/h1,3-4,11-12H,2,5-10H2,(H,20,23). The molecule has 0 saturated carbocycles. The first kappa shape index (κ1) is 16.7. The Morgan fingerprint density at radius 2 is 2.17 bits per heavy atom. The molecule has 1 N–H and O–H groups in total. The Balaban J connectivity index is 1.61.